The molecule has 0 aromatic heterocycles. The molecule has 0 aliphatic rings. The van der Waals surface area contributed by atoms with Crippen LogP contribution >= 0.6 is 15.9 Å². The molecule has 0 unspecified atom stereocenters. The molecule has 1 aromatic carbocycles. The molecule has 2 atom stereocenters. The highest BCUT2D eigenvalue weighted by Crippen LogP contribution is 2.23. The summed E-state index contributed by atoms with van der Waals surface area (Å²) < 4.78 is 0.943. The predicted octanol–water partition coefficient (Wildman–Crippen LogP) is 1.83. The Bertz CT molecular complexity index is 262. The van der Waals surface area contributed by atoms with E-state index in [1.807, 2.05) is 24.3 Å². The maximum absolute atomic E-state index is 9.25. The van der Waals surface area contributed by atoms with Crippen LogP contribution in [-0.4, -0.2) is 11.2 Å². The van der Waals surface area contributed by atoms with Crippen LogP contribution in [0.15, 0.2) is 28.7 Å². The van der Waals surface area contributed by atoms with Crippen molar-refractivity contribution in [2.75, 3.05) is 0 Å². The largest absolute Gasteiger partial charge is 0.391 e. The summed E-state index contributed by atoms with van der Waals surface area (Å²) in [6, 6.07) is 7.32. The molecule has 0 fully saturated rings. The Morgan fingerprint density at radius 3 is 2.50 bits per heavy atom. The molecular formula is C9H12BrNO. The van der Waals surface area contributed by atoms with Crippen LogP contribution in [0.1, 0.15) is 18.5 Å². The number of aliphatic hydroxyl groups is 1. The Morgan fingerprint density at radius 1 is 1.42 bits per heavy atom. The van der Waals surface area contributed by atoms with Crippen molar-refractivity contribution in [1.29, 1.82) is 0 Å². The number of aliphatic hydroxyl groups excluding tert-OH is 1. The summed E-state index contributed by atoms with van der Waals surface area (Å²) >= 11 is 3.37. The standard InChI is InChI=1S/C9H12BrNO/c1-6(12)9(11)7-4-2-3-5-8(7)10/h2-6,9,12H,11H2,1H3/t6-,9+/m1/s1. The maximum Gasteiger partial charge on any atom is 0.0705 e. The molecule has 0 amide bonds. The van der Waals surface area contributed by atoms with Crippen molar-refractivity contribution in [2.24, 2.45) is 5.73 Å². The quantitative estimate of drug-likeness (QED) is 0.814. The van der Waals surface area contributed by atoms with Crippen LogP contribution in [0.25, 0.3) is 0 Å². The van der Waals surface area contributed by atoms with E-state index in [0.717, 1.165) is 10.0 Å². The van der Waals surface area contributed by atoms with E-state index in [-0.39, 0.29) is 6.04 Å². The first-order valence-corrected chi connectivity index (χ1v) is 4.60. The second-order valence-corrected chi connectivity index (χ2v) is 3.64. The van der Waals surface area contributed by atoms with Gasteiger partial charge in [-0.3, -0.25) is 0 Å². The second-order valence-electron chi connectivity index (χ2n) is 2.79. The van der Waals surface area contributed by atoms with Gasteiger partial charge in [0.1, 0.15) is 0 Å². The van der Waals surface area contributed by atoms with Gasteiger partial charge >= 0.3 is 0 Å². The van der Waals surface area contributed by atoms with Gasteiger partial charge in [-0.25, -0.2) is 0 Å². The topological polar surface area (TPSA) is 46.2 Å². The monoisotopic (exact) mass is 229 g/mol. The molecule has 0 spiro atoms. The Kier molecular flexibility index (Phi) is 3.26. The fraction of sp³-hybridized carbons (Fsp3) is 0.333. The van der Waals surface area contributed by atoms with Gasteiger partial charge in [0.05, 0.1) is 12.1 Å². The zero-order valence-corrected chi connectivity index (χ0v) is 8.45. The molecule has 3 heteroatoms. The fourth-order valence-corrected chi connectivity index (χ4v) is 1.55. The minimum Gasteiger partial charge on any atom is -0.391 e. The van der Waals surface area contributed by atoms with Gasteiger partial charge in [-0.15, -0.1) is 0 Å². The molecule has 3 N–H and O–H groups in total. The molecule has 12 heavy (non-hydrogen) atoms. The highest BCUT2D eigenvalue weighted by atomic mass is 79.9. The molecular weight excluding hydrogens is 218 g/mol. The van der Waals surface area contributed by atoms with Gasteiger partial charge in [0.15, 0.2) is 0 Å². The molecule has 0 radical (unpaired) electrons. The first kappa shape index (κ1) is 9.71. The number of halogens is 1. The number of benzene rings is 1. The molecule has 0 heterocycles. The lowest BCUT2D eigenvalue weighted by molar-refractivity contribution is 0.164. The zero-order valence-electron chi connectivity index (χ0n) is 6.87. The molecule has 0 bridgehead atoms. The van der Waals surface area contributed by atoms with Crippen molar-refractivity contribution < 1.29 is 5.11 Å². The summed E-state index contributed by atoms with van der Waals surface area (Å²) in [7, 11) is 0. The third-order valence-corrected chi connectivity index (χ3v) is 2.51. The van der Waals surface area contributed by atoms with Gasteiger partial charge in [-0.1, -0.05) is 34.1 Å². The Morgan fingerprint density at radius 2 is 2.00 bits per heavy atom. The summed E-state index contributed by atoms with van der Waals surface area (Å²) in [5.41, 5.74) is 6.70. The van der Waals surface area contributed by atoms with Gasteiger partial charge < -0.3 is 10.8 Å². The normalized spacial score (nSPS) is 15.7. The van der Waals surface area contributed by atoms with Crippen molar-refractivity contribution in [3.05, 3.63) is 34.3 Å². The van der Waals surface area contributed by atoms with Crippen LogP contribution < -0.4 is 5.73 Å². The van der Waals surface area contributed by atoms with E-state index >= 15 is 0 Å². The summed E-state index contributed by atoms with van der Waals surface area (Å²) in [5.74, 6) is 0. The van der Waals surface area contributed by atoms with Crippen molar-refractivity contribution >= 4 is 15.9 Å². The van der Waals surface area contributed by atoms with Crippen molar-refractivity contribution in [1.82, 2.24) is 0 Å². The van der Waals surface area contributed by atoms with Gasteiger partial charge in [0.2, 0.25) is 0 Å². The summed E-state index contributed by atoms with van der Waals surface area (Å²) in [6.07, 6.45) is -0.524. The van der Waals surface area contributed by atoms with Crippen molar-refractivity contribution in [3.8, 4) is 0 Å². The van der Waals surface area contributed by atoms with Gasteiger partial charge in [-0.05, 0) is 18.6 Å². The lowest BCUT2D eigenvalue weighted by atomic mass is 10.0. The fourth-order valence-electron chi connectivity index (χ4n) is 1.01. The third kappa shape index (κ3) is 2.06. The van der Waals surface area contributed by atoms with Crippen LogP contribution in [0.5, 0.6) is 0 Å². The van der Waals surface area contributed by atoms with Crippen LogP contribution in [0.2, 0.25) is 0 Å². The minimum absolute atomic E-state index is 0.319. The van der Waals surface area contributed by atoms with E-state index in [1.54, 1.807) is 6.92 Å². The highest BCUT2D eigenvalue weighted by Gasteiger charge is 2.13. The van der Waals surface area contributed by atoms with E-state index in [9.17, 15) is 5.11 Å². The Balaban J connectivity index is 2.94. The zero-order chi connectivity index (χ0) is 9.14. The molecule has 66 valence electrons. The highest BCUT2D eigenvalue weighted by molar-refractivity contribution is 9.10. The molecule has 2 nitrogen and oxygen atoms in total. The van der Waals surface area contributed by atoms with E-state index in [2.05, 4.69) is 15.9 Å². The first-order chi connectivity index (χ1) is 5.63. The molecule has 1 rings (SSSR count). The predicted molar refractivity (Wildman–Crippen MR) is 52.8 cm³/mol. The van der Waals surface area contributed by atoms with Crippen molar-refractivity contribution in [3.63, 3.8) is 0 Å². The summed E-state index contributed by atoms with van der Waals surface area (Å²) in [5, 5.41) is 9.25. The summed E-state index contributed by atoms with van der Waals surface area (Å²) in [4.78, 5) is 0. The van der Waals surface area contributed by atoms with Crippen LogP contribution in [0.4, 0.5) is 0 Å². The van der Waals surface area contributed by atoms with E-state index in [1.165, 1.54) is 0 Å². The smallest absolute Gasteiger partial charge is 0.0705 e. The van der Waals surface area contributed by atoms with Gasteiger partial charge in [0.25, 0.3) is 0 Å². The average Bonchev–Trinajstić information content (AvgIpc) is 2.04. The van der Waals surface area contributed by atoms with Gasteiger partial charge in [-0.2, -0.15) is 0 Å². The number of hydrogen-bond acceptors (Lipinski definition) is 2. The first-order valence-electron chi connectivity index (χ1n) is 3.81. The summed E-state index contributed by atoms with van der Waals surface area (Å²) in [6.45, 7) is 1.68. The second kappa shape index (κ2) is 4.03. The van der Waals surface area contributed by atoms with E-state index in [4.69, 9.17) is 5.73 Å². The molecule has 0 saturated carbocycles. The molecule has 0 saturated heterocycles. The van der Waals surface area contributed by atoms with Gasteiger partial charge in [0, 0.05) is 4.47 Å². The third-order valence-electron chi connectivity index (χ3n) is 1.78. The lowest BCUT2D eigenvalue weighted by Crippen LogP contribution is -2.23. The van der Waals surface area contributed by atoms with Crippen LogP contribution in [0, 0.1) is 0 Å². The molecule has 0 aliphatic heterocycles. The van der Waals surface area contributed by atoms with Crippen LogP contribution in [-0.2, 0) is 0 Å². The Labute approximate surface area is 80.5 Å². The minimum atomic E-state index is -0.524. The van der Waals surface area contributed by atoms with Crippen molar-refractivity contribution in [2.45, 2.75) is 19.1 Å². The molecule has 1 aromatic rings. The van der Waals surface area contributed by atoms with E-state index < -0.39 is 6.10 Å². The molecule has 0 aliphatic carbocycles. The average molecular weight is 230 g/mol. The van der Waals surface area contributed by atoms with Crippen LogP contribution in [0.3, 0.4) is 0 Å². The Hall–Kier alpha value is -0.380. The number of hydrogen-bond donors (Lipinski definition) is 2. The SMILES string of the molecule is C[C@@H](O)[C@H](N)c1ccccc1Br. The number of rotatable bonds is 2. The number of nitrogens with two attached hydrogens (primary N) is 1. The van der Waals surface area contributed by atoms with E-state index in [0.29, 0.717) is 0 Å². The lowest BCUT2D eigenvalue weighted by Gasteiger charge is -2.16. The maximum atomic E-state index is 9.25.